The highest BCUT2D eigenvalue weighted by Gasteiger charge is 2.40. The summed E-state index contributed by atoms with van der Waals surface area (Å²) in [4.78, 5) is 18.6. The Hall–Kier alpha value is -2.91. The average Bonchev–Trinajstić information content (AvgIpc) is 2.73. The highest BCUT2D eigenvalue weighted by atomic mass is 16.5. The lowest BCUT2D eigenvalue weighted by atomic mass is 9.74. The van der Waals surface area contributed by atoms with Crippen LogP contribution in [0, 0.1) is 25.2 Å². The summed E-state index contributed by atoms with van der Waals surface area (Å²) in [5, 5.41) is 11.7. The number of rotatable bonds is 7. The first kappa shape index (κ1) is 21.8. The third-order valence-electron chi connectivity index (χ3n) is 5.98. The van der Waals surface area contributed by atoms with Gasteiger partial charge in [0.05, 0.1) is 11.7 Å². The molecule has 0 unspecified atom stereocenters. The summed E-state index contributed by atoms with van der Waals surface area (Å²) >= 11 is 0. The van der Waals surface area contributed by atoms with Gasteiger partial charge in [0.1, 0.15) is 12.4 Å². The van der Waals surface area contributed by atoms with E-state index in [1.165, 1.54) is 11.1 Å². The number of amides is 1. The van der Waals surface area contributed by atoms with E-state index in [9.17, 15) is 4.79 Å². The zero-order chi connectivity index (χ0) is 21.6. The van der Waals surface area contributed by atoms with E-state index < -0.39 is 0 Å². The summed E-state index contributed by atoms with van der Waals surface area (Å²) in [7, 11) is 0. The number of benzene rings is 1. The van der Waals surface area contributed by atoms with E-state index in [1.807, 2.05) is 18.0 Å². The maximum Gasteiger partial charge on any atom is 0.250 e. The fourth-order valence-corrected chi connectivity index (χ4v) is 3.71. The van der Waals surface area contributed by atoms with Gasteiger partial charge in [0.15, 0.2) is 0 Å². The Morgan fingerprint density at radius 1 is 1.33 bits per heavy atom. The lowest BCUT2D eigenvalue weighted by Gasteiger charge is -2.42. The van der Waals surface area contributed by atoms with Crippen LogP contribution in [0.5, 0.6) is 0 Å². The molecule has 0 radical (unpaired) electrons. The molecule has 6 nitrogen and oxygen atoms in total. The number of hydrogen-bond acceptors (Lipinski definition) is 5. The van der Waals surface area contributed by atoms with Crippen molar-refractivity contribution in [2.75, 3.05) is 13.2 Å². The van der Waals surface area contributed by atoms with Gasteiger partial charge in [0.2, 0.25) is 5.91 Å². The van der Waals surface area contributed by atoms with Gasteiger partial charge in [-0.25, -0.2) is 4.99 Å². The van der Waals surface area contributed by atoms with Crippen LogP contribution < -0.4 is 5.32 Å². The zero-order valence-electron chi connectivity index (χ0n) is 18.1. The standard InChI is InChI=1S/C24H30N4O2/c1-4-28(22-9-7-20(15-25)16-27-22)13-12-26-23(29)17-30-24(10-5-11-24)21-8-6-18(2)19(3)14-21/h6,8,12-14,16H,4-5,7,9-11,17H2,1-3H3,(H,26,29)/b13-12+. The molecule has 1 N–H and O–H groups in total. The molecule has 0 saturated heterocycles. The maximum absolute atomic E-state index is 12.3. The van der Waals surface area contributed by atoms with Gasteiger partial charge >= 0.3 is 0 Å². The van der Waals surface area contributed by atoms with Crippen LogP contribution in [-0.4, -0.2) is 29.8 Å². The number of aryl methyl sites for hydroxylation is 2. The predicted octanol–water partition coefficient (Wildman–Crippen LogP) is 4.21. The molecule has 1 aliphatic carbocycles. The van der Waals surface area contributed by atoms with Gasteiger partial charge in [0.25, 0.3) is 0 Å². The molecule has 30 heavy (non-hydrogen) atoms. The van der Waals surface area contributed by atoms with Crippen molar-refractivity contribution in [1.29, 1.82) is 5.26 Å². The normalized spacial score (nSPS) is 17.5. The summed E-state index contributed by atoms with van der Waals surface area (Å²) < 4.78 is 6.11. The molecule has 1 aliphatic heterocycles. The van der Waals surface area contributed by atoms with Crippen molar-refractivity contribution in [2.45, 2.75) is 58.5 Å². The number of ether oxygens (including phenoxy) is 1. The minimum Gasteiger partial charge on any atom is -0.360 e. The number of hydrogen-bond donors (Lipinski definition) is 1. The molecule has 0 aromatic heterocycles. The Bertz CT molecular complexity index is 920. The predicted molar refractivity (Wildman–Crippen MR) is 117 cm³/mol. The third-order valence-corrected chi connectivity index (χ3v) is 5.98. The molecule has 1 fully saturated rings. The Labute approximate surface area is 178 Å². The van der Waals surface area contributed by atoms with Crippen molar-refractivity contribution in [1.82, 2.24) is 10.2 Å². The summed E-state index contributed by atoms with van der Waals surface area (Å²) in [5.74, 6) is 0.719. The van der Waals surface area contributed by atoms with E-state index in [4.69, 9.17) is 10.00 Å². The van der Waals surface area contributed by atoms with Crippen LogP contribution >= 0.6 is 0 Å². The van der Waals surface area contributed by atoms with E-state index in [0.717, 1.165) is 37.2 Å². The first-order valence-corrected chi connectivity index (χ1v) is 10.6. The second-order valence-corrected chi connectivity index (χ2v) is 7.92. The molecular formula is C24H30N4O2. The first-order chi connectivity index (χ1) is 14.5. The third kappa shape index (κ3) is 4.98. The van der Waals surface area contributed by atoms with E-state index in [2.05, 4.69) is 48.4 Å². The topological polar surface area (TPSA) is 77.7 Å². The molecule has 2 aliphatic rings. The molecule has 0 bridgehead atoms. The van der Waals surface area contributed by atoms with Crippen molar-refractivity contribution in [3.05, 3.63) is 59.1 Å². The highest BCUT2D eigenvalue weighted by molar-refractivity contribution is 5.85. The van der Waals surface area contributed by atoms with E-state index in [1.54, 1.807) is 12.4 Å². The highest BCUT2D eigenvalue weighted by Crippen LogP contribution is 2.45. The molecule has 158 valence electrons. The lowest BCUT2D eigenvalue weighted by molar-refractivity contribution is -0.143. The number of nitriles is 1. The van der Waals surface area contributed by atoms with Crippen molar-refractivity contribution in [3.63, 3.8) is 0 Å². The fourth-order valence-electron chi connectivity index (χ4n) is 3.71. The maximum atomic E-state index is 12.3. The number of nitrogens with one attached hydrogen (secondary N) is 1. The van der Waals surface area contributed by atoms with E-state index in [-0.39, 0.29) is 18.1 Å². The Kier molecular flexibility index (Phi) is 7.07. The van der Waals surface area contributed by atoms with Gasteiger partial charge in [0, 0.05) is 37.1 Å². The number of aliphatic imine (C=N–C) groups is 1. The summed E-state index contributed by atoms with van der Waals surface area (Å²) in [6, 6.07) is 8.57. The molecule has 0 spiro atoms. The Balaban J connectivity index is 1.54. The second-order valence-electron chi connectivity index (χ2n) is 7.92. The van der Waals surface area contributed by atoms with Crippen LogP contribution in [0.2, 0.25) is 0 Å². The van der Waals surface area contributed by atoms with Gasteiger partial charge < -0.3 is 15.0 Å². The number of nitrogens with zero attached hydrogens (tertiary/aromatic N) is 3. The van der Waals surface area contributed by atoms with Crippen molar-refractivity contribution in [2.24, 2.45) is 4.99 Å². The lowest BCUT2D eigenvalue weighted by Crippen LogP contribution is -2.40. The van der Waals surface area contributed by atoms with Gasteiger partial charge in [-0.2, -0.15) is 5.26 Å². The quantitative estimate of drug-likeness (QED) is 0.736. The second kappa shape index (κ2) is 9.73. The molecule has 0 atom stereocenters. The van der Waals surface area contributed by atoms with E-state index >= 15 is 0 Å². The minimum atomic E-state index is -0.337. The molecule has 1 heterocycles. The van der Waals surface area contributed by atoms with Gasteiger partial charge in [-0.3, -0.25) is 4.79 Å². The van der Waals surface area contributed by atoms with Crippen LogP contribution in [0.25, 0.3) is 0 Å². The minimum absolute atomic E-state index is 0.0264. The number of amidine groups is 1. The molecule has 1 saturated carbocycles. The van der Waals surface area contributed by atoms with Crippen LogP contribution in [0.3, 0.4) is 0 Å². The van der Waals surface area contributed by atoms with Crippen molar-refractivity contribution in [3.8, 4) is 6.07 Å². The molecule has 1 aromatic carbocycles. The summed E-state index contributed by atoms with van der Waals surface area (Å²) in [6.45, 7) is 6.98. The molecule has 1 amide bonds. The van der Waals surface area contributed by atoms with Crippen LogP contribution in [0.15, 0.2) is 47.4 Å². The smallest absolute Gasteiger partial charge is 0.250 e. The summed E-state index contributed by atoms with van der Waals surface area (Å²) in [6.07, 6.45) is 9.47. The molecular weight excluding hydrogens is 376 g/mol. The van der Waals surface area contributed by atoms with Crippen LogP contribution in [0.1, 0.15) is 55.7 Å². The van der Waals surface area contributed by atoms with Gasteiger partial charge in [-0.15, -0.1) is 0 Å². The summed E-state index contributed by atoms with van der Waals surface area (Å²) in [5.41, 5.74) is 4.03. The van der Waals surface area contributed by atoms with Crippen LogP contribution in [0.4, 0.5) is 0 Å². The number of allylic oxidation sites excluding steroid dienone is 1. The average molecular weight is 407 g/mol. The Morgan fingerprint density at radius 2 is 2.13 bits per heavy atom. The van der Waals surface area contributed by atoms with E-state index in [0.29, 0.717) is 18.4 Å². The van der Waals surface area contributed by atoms with Gasteiger partial charge in [-0.05, 0) is 63.1 Å². The van der Waals surface area contributed by atoms with Gasteiger partial charge in [-0.1, -0.05) is 18.2 Å². The number of carbonyl (C=O) groups is 1. The number of carbonyl (C=O) groups excluding carboxylic acids is 1. The van der Waals surface area contributed by atoms with Crippen molar-refractivity contribution >= 4 is 11.7 Å². The first-order valence-electron chi connectivity index (χ1n) is 10.6. The SMILES string of the molecule is CCN(/C=C/NC(=O)COC1(c2ccc(C)c(C)c2)CCC1)C1=NC=C(C#N)CC1. The largest absolute Gasteiger partial charge is 0.360 e. The zero-order valence-corrected chi connectivity index (χ0v) is 18.1. The molecule has 6 heteroatoms. The Morgan fingerprint density at radius 3 is 2.70 bits per heavy atom. The van der Waals surface area contributed by atoms with Crippen molar-refractivity contribution < 1.29 is 9.53 Å². The molecule has 3 rings (SSSR count). The molecule has 1 aromatic rings. The fraction of sp³-hybridized carbons (Fsp3) is 0.458. The van der Waals surface area contributed by atoms with Crippen LogP contribution in [-0.2, 0) is 15.1 Å². The monoisotopic (exact) mass is 406 g/mol.